The molecule has 0 aliphatic rings. The van der Waals surface area contributed by atoms with Crippen LogP contribution in [-0.2, 0) is 10.4 Å². The van der Waals surface area contributed by atoms with Crippen molar-refractivity contribution in [3.05, 3.63) is 0 Å². The first-order valence-corrected chi connectivity index (χ1v) is 5.01. The molecule has 0 aromatic carbocycles. The standard InChI is InChI=1S/C6H14.Na.H2O4S.H/c1-3-5-6-4-2;;1-5(2,3)4;/h3-6H2,1-2H3;;(H2,1,2,3,4);. The van der Waals surface area contributed by atoms with Gasteiger partial charge in [0.05, 0.1) is 0 Å². The van der Waals surface area contributed by atoms with E-state index in [9.17, 15) is 0 Å². The van der Waals surface area contributed by atoms with Gasteiger partial charge in [-0.1, -0.05) is 39.5 Å². The first-order chi connectivity index (χ1) is 4.91. The molecular weight excluding hydrogens is 191 g/mol. The van der Waals surface area contributed by atoms with Crippen molar-refractivity contribution in [2.45, 2.75) is 39.5 Å². The molecule has 2 N–H and O–H groups in total. The van der Waals surface area contributed by atoms with Gasteiger partial charge in [-0.3, -0.25) is 9.11 Å². The second kappa shape index (κ2) is 11.9. The summed E-state index contributed by atoms with van der Waals surface area (Å²) in [6.07, 6.45) is 5.54. The van der Waals surface area contributed by atoms with E-state index in [0.717, 1.165) is 0 Å². The number of hydrogen-bond donors (Lipinski definition) is 2. The maximum atomic E-state index is 8.74. The van der Waals surface area contributed by atoms with Gasteiger partial charge in [-0.2, -0.15) is 8.42 Å². The van der Waals surface area contributed by atoms with Crippen LogP contribution in [0.25, 0.3) is 0 Å². The van der Waals surface area contributed by atoms with E-state index in [0.29, 0.717) is 0 Å². The van der Waals surface area contributed by atoms with Gasteiger partial charge < -0.3 is 0 Å². The topological polar surface area (TPSA) is 74.6 Å². The van der Waals surface area contributed by atoms with E-state index in [1.165, 1.54) is 25.7 Å². The maximum absolute atomic E-state index is 8.74. The van der Waals surface area contributed by atoms with Crippen molar-refractivity contribution < 1.29 is 17.5 Å². The third kappa shape index (κ3) is 70.7. The minimum atomic E-state index is -4.67. The van der Waals surface area contributed by atoms with Gasteiger partial charge >= 0.3 is 40.0 Å². The molecule has 72 valence electrons. The molecular formula is C6H17NaO4S. The van der Waals surface area contributed by atoms with E-state index in [4.69, 9.17) is 17.5 Å². The van der Waals surface area contributed by atoms with Gasteiger partial charge in [0, 0.05) is 0 Å². The summed E-state index contributed by atoms with van der Waals surface area (Å²) in [6, 6.07) is 0. The predicted molar refractivity (Wildman–Crippen MR) is 51.1 cm³/mol. The molecule has 0 radical (unpaired) electrons. The average molecular weight is 208 g/mol. The molecule has 0 rings (SSSR count). The van der Waals surface area contributed by atoms with Gasteiger partial charge in [0.1, 0.15) is 0 Å². The minimum absolute atomic E-state index is 0. The van der Waals surface area contributed by atoms with Crippen LogP contribution in [0.3, 0.4) is 0 Å². The Hall–Kier alpha value is 0.870. The molecule has 0 aromatic heterocycles. The normalized spacial score (nSPS) is 9.33. The van der Waals surface area contributed by atoms with Gasteiger partial charge in [-0.05, 0) is 0 Å². The molecule has 0 fully saturated rings. The second-order valence-corrected chi connectivity index (χ2v) is 3.05. The van der Waals surface area contributed by atoms with Crippen LogP contribution in [0.5, 0.6) is 0 Å². The number of hydrogen-bond acceptors (Lipinski definition) is 2. The molecule has 0 aliphatic carbocycles. The monoisotopic (exact) mass is 208 g/mol. The van der Waals surface area contributed by atoms with Crippen molar-refractivity contribution >= 4 is 40.0 Å². The van der Waals surface area contributed by atoms with E-state index in [1.54, 1.807) is 0 Å². The zero-order valence-electron chi connectivity index (χ0n) is 6.95. The van der Waals surface area contributed by atoms with Gasteiger partial charge in [0.25, 0.3) is 0 Å². The van der Waals surface area contributed by atoms with Crippen LogP contribution in [0, 0.1) is 0 Å². The van der Waals surface area contributed by atoms with Crippen molar-refractivity contribution in [1.29, 1.82) is 0 Å². The molecule has 0 amide bonds. The summed E-state index contributed by atoms with van der Waals surface area (Å²) in [7, 11) is -4.67. The molecule has 0 aromatic rings. The van der Waals surface area contributed by atoms with Gasteiger partial charge in [0.2, 0.25) is 0 Å². The van der Waals surface area contributed by atoms with Crippen molar-refractivity contribution in [2.75, 3.05) is 0 Å². The van der Waals surface area contributed by atoms with Crippen LogP contribution in [0.4, 0.5) is 0 Å². The Labute approximate surface area is 96.6 Å². The number of unbranched alkanes of at least 4 members (excludes halogenated alkanes) is 3. The van der Waals surface area contributed by atoms with Crippen LogP contribution >= 0.6 is 0 Å². The Balaban J connectivity index is -0.000000126. The molecule has 0 saturated heterocycles. The fourth-order valence-electron chi connectivity index (χ4n) is 0.500. The zero-order valence-corrected chi connectivity index (χ0v) is 7.76. The molecule has 0 spiro atoms. The Morgan fingerprint density at radius 1 is 1.00 bits per heavy atom. The summed E-state index contributed by atoms with van der Waals surface area (Å²) in [5.41, 5.74) is 0. The summed E-state index contributed by atoms with van der Waals surface area (Å²) in [5.74, 6) is 0. The zero-order chi connectivity index (χ0) is 9.33. The molecule has 0 aliphatic heterocycles. The summed E-state index contributed by atoms with van der Waals surface area (Å²) in [5, 5.41) is 0. The quantitative estimate of drug-likeness (QED) is 0.416. The van der Waals surface area contributed by atoms with Crippen LogP contribution in [-0.4, -0.2) is 47.1 Å². The van der Waals surface area contributed by atoms with Crippen molar-refractivity contribution in [3.8, 4) is 0 Å². The van der Waals surface area contributed by atoms with Crippen LogP contribution < -0.4 is 0 Å². The van der Waals surface area contributed by atoms with Crippen molar-refractivity contribution in [2.24, 2.45) is 0 Å². The van der Waals surface area contributed by atoms with Crippen molar-refractivity contribution in [1.82, 2.24) is 0 Å². The molecule has 0 unspecified atom stereocenters. The SMILES string of the molecule is CCCCCC.O=S(=O)(O)O.[NaH]. The Bertz CT molecular complexity index is 143. The first-order valence-electron chi connectivity index (χ1n) is 3.61. The van der Waals surface area contributed by atoms with Crippen LogP contribution in [0.15, 0.2) is 0 Å². The third-order valence-electron chi connectivity index (χ3n) is 0.957. The second-order valence-electron chi connectivity index (χ2n) is 2.15. The summed E-state index contributed by atoms with van der Waals surface area (Å²) in [6.45, 7) is 4.46. The Morgan fingerprint density at radius 3 is 1.25 bits per heavy atom. The molecule has 0 saturated carbocycles. The molecule has 12 heavy (non-hydrogen) atoms. The Kier molecular flexibility index (Phi) is 18.4. The predicted octanol–water partition coefficient (Wildman–Crippen LogP) is 1.29. The average Bonchev–Trinajstić information content (AvgIpc) is 1.79. The van der Waals surface area contributed by atoms with Crippen LogP contribution in [0.1, 0.15) is 39.5 Å². The van der Waals surface area contributed by atoms with Gasteiger partial charge in [0.15, 0.2) is 0 Å². The first kappa shape index (κ1) is 18.6. The summed E-state index contributed by atoms with van der Waals surface area (Å²) >= 11 is 0. The van der Waals surface area contributed by atoms with E-state index < -0.39 is 10.4 Å². The molecule has 0 bridgehead atoms. The van der Waals surface area contributed by atoms with E-state index in [1.807, 2.05) is 0 Å². The summed E-state index contributed by atoms with van der Waals surface area (Å²) < 4.78 is 31.6. The molecule has 4 nitrogen and oxygen atoms in total. The molecule has 0 atom stereocenters. The van der Waals surface area contributed by atoms with Crippen LogP contribution in [0.2, 0.25) is 0 Å². The van der Waals surface area contributed by atoms with E-state index in [-0.39, 0.29) is 29.6 Å². The van der Waals surface area contributed by atoms with Gasteiger partial charge in [-0.25, -0.2) is 0 Å². The fourth-order valence-corrected chi connectivity index (χ4v) is 0.500. The Morgan fingerprint density at radius 2 is 1.17 bits per heavy atom. The molecule has 6 heteroatoms. The van der Waals surface area contributed by atoms with Crippen molar-refractivity contribution in [3.63, 3.8) is 0 Å². The fraction of sp³-hybridized carbons (Fsp3) is 1.00. The van der Waals surface area contributed by atoms with Gasteiger partial charge in [-0.15, -0.1) is 0 Å². The summed E-state index contributed by atoms with van der Waals surface area (Å²) in [4.78, 5) is 0. The third-order valence-corrected chi connectivity index (χ3v) is 0.957. The van der Waals surface area contributed by atoms with E-state index in [2.05, 4.69) is 13.8 Å². The van der Waals surface area contributed by atoms with E-state index >= 15 is 0 Å². The molecule has 0 heterocycles. The number of rotatable bonds is 3.